The van der Waals surface area contributed by atoms with Gasteiger partial charge in [0.25, 0.3) is 0 Å². The van der Waals surface area contributed by atoms with Gasteiger partial charge in [-0.1, -0.05) is 24.3 Å². The summed E-state index contributed by atoms with van der Waals surface area (Å²) in [5.74, 6) is 0. The van der Waals surface area contributed by atoms with Crippen LogP contribution in [0.2, 0.25) is 0 Å². The fourth-order valence-corrected chi connectivity index (χ4v) is 1.89. The van der Waals surface area contributed by atoms with Crippen LogP contribution in [0.1, 0.15) is 18.5 Å². The van der Waals surface area contributed by atoms with E-state index >= 15 is 0 Å². The van der Waals surface area contributed by atoms with E-state index in [0.29, 0.717) is 19.3 Å². The topological polar surface area (TPSA) is 53.4 Å². The summed E-state index contributed by atoms with van der Waals surface area (Å²) in [5, 5.41) is 19.6. The summed E-state index contributed by atoms with van der Waals surface area (Å²) >= 11 is 0. The largest absolute Gasteiger partial charge is 0.396 e. The van der Waals surface area contributed by atoms with E-state index in [1.807, 2.05) is 36.4 Å². The van der Waals surface area contributed by atoms with Crippen LogP contribution in [0.25, 0.3) is 10.9 Å². The molecule has 0 spiro atoms. The Bertz CT molecular complexity index is 484. The standard InChI is InChI=1S/C14H17NO2/c16-9-3-5-13(17)10-12-8-7-11-4-1-2-6-14(11)15-12/h1-2,4,6-8,13,16-17H,3,5,9-10H2. The van der Waals surface area contributed by atoms with Crippen molar-refractivity contribution in [2.24, 2.45) is 0 Å². The molecule has 3 heteroatoms. The van der Waals surface area contributed by atoms with Crippen LogP contribution in [0, 0.1) is 0 Å². The third kappa shape index (κ3) is 3.25. The number of benzene rings is 1. The van der Waals surface area contributed by atoms with Crippen LogP contribution < -0.4 is 0 Å². The van der Waals surface area contributed by atoms with Crippen LogP contribution in [-0.4, -0.2) is 27.9 Å². The molecule has 1 aromatic carbocycles. The number of fused-ring (bicyclic) bond motifs is 1. The highest BCUT2D eigenvalue weighted by Crippen LogP contribution is 2.13. The van der Waals surface area contributed by atoms with E-state index in [0.717, 1.165) is 16.6 Å². The van der Waals surface area contributed by atoms with Gasteiger partial charge in [-0.25, -0.2) is 0 Å². The molecule has 0 aliphatic heterocycles. The molecule has 0 saturated carbocycles. The lowest BCUT2D eigenvalue weighted by molar-refractivity contribution is 0.149. The number of aromatic nitrogens is 1. The Labute approximate surface area is 101 Å². The van der Waals surface area contributed by atoms with Gasteiger partial charge in [0.05, 0.1) is 11.6 Å². The Morgan fingerprint density at radius 1 is 1.12 bits per heavy atom. The average molecular weight is 231 g/mol. The Morgan fingerprint density at radius 2 is 1.94 bits per heavy atom. The molecule has 2 aromatic rings. The van der Waals surface area contributed by atoms with Gasteiger partial charge in [-0.2, -0.15) is 0 Å². The van der Waals surface area contributed by atoms with Gasteiger partial charge in [-0.3, -0.25) is 4.98 Å². The van der Waals surface area contributed by atoms with E-state index in [9.17, 15) is 5.11 Å². The maximum atomic E-state index is 9.75. The number of aliphatic hydroxyl groups is 2. The third-order valence-corrected chi connectivity index (χ3v) is 2.80. The van der Waals surface area contributed by atoms with Crippen LogP contribution in [0.4, 0.5) is 0 Å². The van der Waals surface area contributed by atoms with E-state index in [4.69, 9.17) is 5.11 Å². The summed E-state index contributed by atoms with van der Waals surface area (Å²) in [7, 11) is 0. The molecule has 0 aliphatic carbocycles. The molecular formula is C14H17NO2. The molecular weight excluding hydrogens is 214 g/mol. The van der Waals surface area contributed by atoms with E-state index in [2.05, 4.69) is 4.98 Å². The van der Waals surface area contributed by atoms with Gasteiger partial charge in [-0.05, 0) is 25.0 Å². The highest BCUT2D eigenvalue weighted by atomic mass is 16.3. The second-order valence-electron chi connectivity index (χ2n) is 4.22. The molecule has 90 valence electrons. The van der Waals surface area contributed by atoms with Crippen molar-refractivity contribution in [3.8, 4) is 0 Å². The number of aliphatic hydroxyl groups excluding tert-OH is 2. The molecule has 0 aliphatic rings. The van der Waals surface area contributed by atoms with Gasteiger partial charge in [0.2, 0.25) is 0 Å². The summed E-state index contributed by atoms with van der Waals surface area (Å²) in [4.78, 5) is 4.50. The Morgan fingerprint density at radius 3 is 2.76 bits per heavy atom. The van der Waals surface area contributed by atoms with Gasteiger partial charge in [0.1, 0.15) is 0 Å². The smallest absolute Gasteiger partial charge is 0.0705 e. The number of pyridine rings is 1. The molecule has 1 aromatic heterocycles. The maximum Gasteiger partial charge on any atom is 0.0705 e. The van der Waals surface area contributed by atoms with Crippen molar-refractivity contribution in [1.82, 2.24) is 4.98 Å². The Balaban J connectivity index is 2.08. The maximum absolute atomic E-state index is 9.75. The number of hydrogen-bond donors (Lipinski definition) is 2. The average Bonchev–Trinajstić information content (AvgIpc) is 2.36. The predicted molar refractivity (Wildman–Crippen MR) is 67.8 cm³/mol. The fraction of sp³-hybridized carbons (Fsp3) is 0.357. The molecule has 0 radical (unpaired) electrons. The monoisotopic (exact) mass is 231 g/mol. The van der Waals surface area contributed by atoms with Crippen LogP contribution in [0.15, 0.2) is 36.4 Å². The number of rotatable bonds is 5. The molecule has 3 nitrogen and oxygen atoms in total. The van der Waals surface area contributed by atoms with Gasteiger partial charge in [0, 0.05) is 24.1 Å². The summed E-state index contributed by atoms with van der Waals surface area (Å²) in [5.41, 5.74) is 1.86. The molecule has 1 atom stereocenters. The third-order valence-electron chi connectivity index (χ3n) is 2.80. The van der Waals surface area contributed by atoms with Crippen molar-refractivity contribution in [1.29, 1.82) is 0 Å². The molecule has 0 bridgehead atoms. The van der Waals surface area contributed by atoms with Gasteiger partial charge in [-0.15, -0.1) is 0 Å². The van der Waals surface area contributed by atoms with Crippen molar-refractivity contribution >= 4 is 10.9 Å². The van der Waals surface area contributed by atoms with Crippen molar-refractivity contribution in [3.63, 3.8) is 0 Å². The fourth-order valence-electron chi connectivity index (χ4n) is 1.89. The molecule has 0 saturated heterocycles. The minimum atomic E-state index is -0.421. The molecule has 1 unspecified atom stereocenters. The first-order valence-corrected chi connectivity index (χ1v) is 5.93. The minimum absolute atomic E-state index is 0.127. The van der Waals surface area contributed by atoms with Crippen molar-refractivity contribution in [2.45, 2.75) is 25.4 Å². The van der Waals surface area contributed by atoms with E-state index in [-0.39, 0.29) is 6.61 Å². The van der Waals surface area contributed by atoms with Gasteiger partial charge >= 0.3 is 0 Å². The molecule has 17 heavy (non-hydrogen) atoms. The lowest BCUT2D eigenvalue weighted by Gasteiger charge is -2.09. The number of nitrogens with zero attached hydrogens (tertiary/aromatic N) is 1. The van der Waals surface area contributed by atoms with Crippen LogP contribution in [0.3, 0.4) is 0 Å². The minimum Gasteiger partial charge on any atom is -0.396 e. The number of para-hydroxylation sites is 1. The first-order chi connectivity index (χ1) is 8.29. The van der Waals surface area contributed by atoms with Crippen LogP contribution in [-0.2, 0) is 6.42 Å². The first kappa shape index (κ1) is 12.0. The summed E-state index contributed by atoms with van der Waals surface area (Å²) in [6.45, 7) is 0.127. The molecule has 2 N–H and O–H groups in total. The first-order valence-electron chi connectivity index (χ1n) is 5.93. The van der Waals surface area contributed by atoms with Gasteiger partial charge in [0.15, 0.2) is 0 Å². The second kappa shape index (κ2) is 5.75. The zero-order valence-corrected chi connectivity index (χ0v) is 9.71. The van der Waals surface area contributed by atoms with Gasteiger partial charge < -0.3 is 10.2 Å². The zero-order chi connectivity index (χ0) is 12.1. The van der Waals surface area contributed by atoms with Crippen LogP contribution in [0.5, 0.6) is 0 Å². The summed E-state index contributed by atoms with van der Waals surface area (Å²) in [6, 6.07) is 11.9. The predicted octanol–water partition coefficient (Wildman–Crippen LogP) is 1.91. The quantitative estimate of drug-likeness (QED) is 0.826. The van der Waals surface area contributed by atoms with Crippen molar-refractivity contribution in [2.75, 3.05) is 6.61 Å². The molecule has 0 amide bonds. The van der Waals surface area contributed by atoms with E-state index < -0.39 is 6.10 Å². The van der Waals surface area contributed by atoms with Crippen molar-refractivity contribution < 1.29 is 10.2 Å². The highest BCUT2D eigenvalue weighted by molar-refractivity contribution is 5.78. The Kier molecular flexibility index (Phi) is 4.07. The number of hydrogen-bond acceptors (Lipinski definition) is 3. The SMILES string of the molecule is OCCCC(O)Cc1ccc2ccccc2n1. The molecule has 2 rings (SSSR count). The van der Waals surface area contributed by atoms with E-state index in [1.54, 1.807) is 0 Å². The van der Waals surface area contributed by atoms with Crippen LogP contribution >= 0.6 is 0 Å². The second-order valence-corrected chi connectivity index (χ2v) is 4.22. The lowest BCUT2D eigenvalue weighted by Crippen LogP contribution is -2.12. The summed E-state index contributed by atoms with van der Waals surface area (Å²) in [6.07, 6.45) is 1.38. The summed E-state index contributed by atoms with van der Waals surface area (Å²) < 4.78 is 0. The zero-order valence-electron chi connectivity index (χ0n) is 9.71. The lowest BCUT2D eigenvalue weighted by atomic mass is 10.1. The van der Waals surface area contributed by atoms with Crippen molar-refractivity contribution in [3.05, 3.63) is 42.1 Å². The van der Waals surface area contributed by atoms with E-state index in [1.165, 1.54) is 0 Å². The molecule has 1 heterocycles. The highest BCUT2D eigenvalue weighted by Gasteiger charge is 2.06. The molecule has 0 fully saturated rings. The normalized spacial score (nSPS) is 12.8. The Hall–Kier alpha value is -1.45.